The number of sulfone groups is 1. The molecule has 0 bridgehead atoms. The quantitative estimate of drug-likeness (QED) is 0.773. The lowest BCUT2D eigenvalue weighted by molar-refractivity contribution is -0.0799. The zero-order valence-corrected chi connectivity index (χ0v) is 8.92. The first kappa shape index (κ1) is 12.8. The number of halogens is 3. The van der Waals surface area contributed by atoms with Gasteiger partial charge in [0.1, 0.15) is 0 Å². The molecule has 1 rings (SSSR count). The summed E-state index contributed by atoms with van der Waals surface area (Å²) in [7, 11) is -3.67. The topological polar surface area (TPSA) is 34.1 Å². The number of hydrogen-bond donors (Lipinski definition) is 0. The fraction of sp³-hybridized carbons (Fsp3) is 0.200. The summed E-state index contributed by atoms with van der Waals surface area (Å²) in [6.45, 7) is 0. The maximum absolute atomic E-state index is 11.8. The Balaban J connectivity index is 2.79. The van der Waals surface area contributed by atoms with Gasteiger partial charge in [-0.05, 0) is 12.1 Å². The van der Waals surface area contributed by atoms with Crippen LogP contribution in [0.4, 0.5) is 13.2 Å². The highest BCUT2D eigenvalue weighted by atomic mass is 32.2. The van der Waals surface area contributed by atoms with Crippen LogP contribution in [0, 0.1) is 0 Å². The highest BCUT2D eigenvalue weighted by Gasteiger charge is 2.22. The van der Waals surface area contributed by atoms with E-state index < -0.39 is 21.8 Å². The summed E-state index contributed by atoms with van der Waals surface area (Å²) in [5, 5.41) is 0. The van der Waals surface area contributed by atoms with Crippen molar-refractivity contribution < 1.29 is 21.6 Å². The normalized spacial score (nSPS) is 13.2. The number of alkyl halides is 3. The fourth-order valence-corrected chi connectivity index (χ4v) is 2.15. The van der Waals surface area contributed by atoms with Crippen LogP contribution in [0.2, 0.25) is 0 Å². The second-order valence-corrected chi connectivity index (χ2v) is 5.07. The first-order chi connectivity index (χ1) is 7.31. The predicted octanol–water partition coefficient (Wildman–Crippen LogP) is 2.58. The summed E-state index contributed by atoms with van der Waals surface area (Å²) in [6.07, 6.45) is -3.96. The van der Waals surface area contributed by atoms with E-state index in [9.17, 15) is 21.6 Å². The minimum Gasteiger partial charge on any atom is -0.223 e. The molecule has 0 heterocycles. The van der Waals surface area contributed by atoms with Gasteiger partial charge in [0.05, 0.1) is 10.6 Å². The average molecular weight is 250 g/mol. The molecule has 0 aromatic heterocycles. The number of benzene rings is 1. The lowest BCUT2D eigenvalue weighted by atomic mass is 10.4. The van der Waals surface area contributed by atoms with Gasteiger partial charge in [-0.15, -0.1) is 0 Å². The van der Waals surface area contributed by atoms with Crippen LogP contribution < -0.4 is 0 Å². The number of allylic oxidation sites excluding steroid dienone is 1. The SMILES string of the molecule is O=S(=O)(CC=CC(F)(F)F)c1ccccc1. The van der Waals surface area contributed by atoms with Crippen LogP contribution in [-0.4, -0.2) is 20.3 Å². The van der Waals surface area contributed by atoms with Crippen molar-refractivity contribution in [3.05, 3.63) is 42.5 Å². The molecule has 0 saturated heterocycles. The molecule has 0 aliphatic carbocycles. The van der Waals surface area contributed by atoms with Crippen LogP contribution in [0.5, 0.6) is 0 Å². The molecular weight excluding hydrogens is 241 g/mol. The van der Waals surface area contributed by atoms with Crippen molar-refractivity contribution in [1.29, 1.82) is 0 Å². The summed E-state index contributed by atoms with van der Waals surface area (Å²) in [5.41, 5.74) is 0. The van der Waals surface area contributed by atoms with Crippen molar-refractivity contribution in [3.8, 4) is 0 Å². The third kappa shape index (κ3) is 4.06. The van der Waals surface area contributed by atoms with Gasteiger partial charge in [-0.1, -0.05) is 24.3 Å². The molecule has 1 aromatic rings. The Bertz CT molecular complexity index is 461. The first-order valence-corrected chi connectivity index (χ1v) is 5.99. The number of rotatable bonds is 3. The maximum atomic E-state index is 11.8. The molecule has 0 saturated carbocycles. The van der Waals surface area contributed by atoms with Gasteiger partial charge in [-0.3, -0.25) is 0 Å². The monoisotopic (exact) mass is 250 g/mol. The summed E-state index contributed by atoms with van der Waals surface area (Å²) < 4.78 is 58.3. The maximum Gasteiger partial charge on any atom is 0.409 e. The Labute approximate surface area is 91.3 Å². The van der Waals surface area contributed by atoms with Gasteiger partial charge in [0.25, 0.3) is 0 Å². The molecule has 0 amide bonds. The molecule has 0 aliphatic heterocycles. The lowest BCUT2D eigenvalue weighted by Gasteiger charge is -2.01. The van der Waals surface area contributed by atoms with Crippen LogP contribution in [-0.2, 0) is 9.84 Å². The van der Waals surface area contributed by atoms with Crippen molar-refractivity contribution in [2.24, 2.45) is 0 Å². The van der Waals surface area contributed by atoms with E-state index in [0.29, 0.717) is 6.08 Å². The Kier molecular flexibility index (Phi) is 3.74. The van der Waals surface area contributed by atoms with Crippen molar-refractivity contribution in [3.63, 3.8) is 0 Å². The van der Waals surface area contributed by atoms with Crippen LogP contribution in [0.15, 0.2) is 47.4 Å². The Hall–Kier alpha value is -1.30. The highest BCUT2D eigenvalue weighted by molar-refractivity contribution is 7.91. The third-order valence-corrected chi connectivity index (χ3v) is 3.35. The molecule has 6 heteroatoms. The second kappa shape index (κ2) is 4.69. The van der Waals surface area contributed by atoms with Crippen LogP contribution in [0.25, 0.3) is 0 Å². The molecule has 88 valence electrons. The Morgan fingerprint density at radius 2 is 1.69 bits per heavy atom. The molecular formula is C10H9F3O2S. The second-order valence-electron chi connectivity index (χ2n) is 3.04. The summed E-state index contributed by atoms with van der Waals surface area (Å²) in [6, 6.07) is 7.35. The van der Waals surface area contributed by atoms with Crippen LogP contribution in [0.1, 0.15) is 0 Å². The molecule has 16 heavy (non-hydrogen) atoms. The fourth-order valence-electron chi connectivity index (χ4n) is 1.03. The minimum atomic E-state index is -4.48. The van der Waals surface area contributed by atoms with Crippen molar-refractivity contribution in [2.75, 3.05) is 5.75 Å². The summed E-state index contributed by atoms with van der Waals surface area (Å²) in [4.78, 5) is 0.0156. The molecule has 0 N–H and O–H groups in total. The standard InChI is InChI=1S/C10H9F3O2S/c11-10(12,13)7-4-8-16(14,15)9-5-2-1-3-6-9/h1-7H,8H2. The number of hydrogen-bond acceptors (Lipinski definition) is 2. The van der Waals surface area contributed by atoms with Gasteiger partial charge in [0.2, 0.25) is 0 Å². The molecule has 0 radical (unpaired) electrons. The van der Waals surface area contributed by atoms with Crippen molar-refractivity contribution in [1.82, 2.24) is 0 Å². The van der Waals surface area contributed by atoms with Crippen molar-refractivity contribution in [2.45, 2.75) is 11.1 Å². The smallest absolute Gasteiger partial charge is 0.223 e. The molecule has 0 atom stereocenters. The summed E-state index contributed by atoms with van der Waals surface area (Å²) >= 11 is 0. The van der Waals surface area contributed by atoms with E-state index in [0.717, 1.165) is 0 Å². The minimum absolute atomic E-state index is 0.0156. The van der Waals surface area contributed by atoms with E-state index in [2.05, 4.69) is 0 Å². The van der Waals surface area contributed by atoms with Gasteiger partial charge in [0, 0.05) is 6.08 Å². The molecule has 0 fully saturated rings. The Morgan fingerprint density at radius 1 is 1.12 bits per heavy atom. The van der Waals surface area contributed by atoms with Gasteiger partial charge in [0.15, 0.2) is 9.84 Å². The van der Waals surface area contributed by atoms with Crippen LogP contribution >= 0.6 is 0 Å². The molecule has 0 aliphatic rings. The largest absolute Gasteiger partial charge is 0.409 e. The van der Waals surface area contributed by atoms with Gasteiger partial charge in [-0.2, -0.15) is 13.2 Å². The van der Waals surface area contributed by atoms with Gasteiger partial charge >= 0.3 is 6.18 Å². The van der Waals surface area contributed by atoms with E-state index in [4.69, 9.17) is 0 Å². The van der Waals surface area contributed by atoms with Gasteiger partial charge < -0.3 is 0 Å². The molecule has 2 nitrogen and oxygen atoms in total. The van der Waals surface area contributed by atoms with E-state index in [1.807, 2.05) is 0 Å². The molecule has 0 spiro atoms. The van der Waals surface area contributed by atoms with E-state index in [1.54, 1.807) is 6.07 Å². The van der Waals surface area contributed by atoms with Gasteiger partial charge in [-0.25, -0.2) is 8.42 Å². The predicted molar refractivity (Wildman–Crippen MR) is 53.7 cm³/mol. The molecule has 1 aromatic carbocycles. The zero-order valence-electron chi connectivity index (χ0n) is 8.11. The first-order valence-electron chi connectivity index (χ1n) is 4.33. The highest BCUT2D eigenvalue weighted by Crippen LogP contribution is 2.17. The van der Waals surface area contributed by atoms with E-state index in [-0.39, 0.29) is 11.0 Å². The third-order valence-electron chi connectivity index (χ3n) is 1.72. The zero-order chi connectivity index (χ0) is 12.2. The van der Waals surface area contributed by atoms with E-state index in [1.165, 1.54) is 24.3 Å². The van der Waals surface area contributed by atoms with E-state index >= 15 is 0 Å². The molecule has 0 unspecified atom stereocenters. The Morgan fingerprint density at radius 3 is 2.19 bits per heavy atom. The lowest BCUT2D eigenvalue weighted by Crippen LogP contribution is -2.07. The summed E-state index contributed by atoms with van der Waals surface area (Å²) in [5.74, 6) is -0.656. The van der Waals surface area contributed by atoms with Crippen LogP contribution in [0.3, 0.4) is 0 Å². The average Bonchev–Trinajstić information content (AvgIpc) is 2.17. The van der Waals surface area contributed by atoms with Crippen molar-refractivity contribution >= 4 is 9.84 Å².